The Morgan fingerprint density at radius 1 is 1.05 bits per heavy atom. The quantitative estimate of drug-likeness (QED) is 0.239. The minimum atomic E-state index is -4.04. The van der Waals surface area contributed by atoms with E-state index in [9.17, 15) is 23.1 Å². The van der Waals surface area contributed by atoms with Gasteiger partial charge >= 0.3 is 0 Å². The van der Waals surface area contributed by atoms with E-state index in [0.29, 0.717) is 24.3 Å². The number of phenols is 1. The molecule has 0 fully saturated rings. The molecule has 0 aliphatic heterocycles. The lowest BCUT2D eigenvalue weighted by Crippen LogP contribution is -2.40. The lowest BCUT2D eigenvalue weighted by atomic mass is 10.1. The number of carbonyl (C=O) groups excluding carboxylic acids is 2. The SMILES string of the molecule is CCOc1cc(/C=N\NC(=O)CN(CCc2ccccc2)S(=O)(=O)c2ccc(NC(C)=O)cc2)ccc1O. The van der Waals surface area contributed by atoms with E-state index in [2.05, 4.69) is 15.8 Å². The van der Waals surface area contributed by atoms with Crippen molar-refractivity contribution < 1.29 is 27.9 Å². The van der Waals surface area contributed by atoms with E-state index < -0.39 is 22.5 Å². The summed E-state index contributed by atoms with van der Waals surface area (Å²) in [7, 11) is -4.04. The van der Waals surface area contributed by atoms with E-state index in [1.807, 2.05) is 30.3 Å². The van der Waals surface area contributed by atoms with Gasteiger partial charge < -0.3 is 15.2 Å². The normalized spacial score (nSPS) is 11.4. The van der Waals surface area contributed by atoms with Gasteiger partial charge in [0.2, 0.25) is 15.9 Å². The molecule has 3 aromatic rings. The molecule has 0 spiro atoms. The van der Waals surface area contributed by atoms with Crippen molar-refractivity contribution in [3.63, 3.8) is 0 Å². The van der Waals surface area contributed by atoms with Crippen molar-refractivity contribution in [3.8, 4) is 11.5 Å². The largest absolute Gasteiger partial charge is 0.504 e. The molecule has 0 saturated carbocycles. The molecule has 0 aromatic heterocycles. The lowest BCUT2D eigenvalue weighted by Gasteiger charge is -2.21. The number of nitrogens with zero attached hydrogens (tertiary/aromatic N) is 2. The van der Waals surface area contributed by atoms with Crippen LogP contribution in [0.25, 0.3) is 0 Å². The predicted molar refractivity (Wildman–Crippen MR) is 145 cm³/mol. The summed E-state index contributed by atoms with van der Waals surface area (Å²) in [6.07, 6.45) is 1.76. The van der Waals surface area contributed by atoms with Crippen molar-refractivity contribution in [2.75, 3.05) is 25.0 Å². The van der Waals surface area contributed by atoms with Gasteiger partial charge in [0.1, 0.15) is 0 Å². The van der Waals surface area contributed by atoms with Gasteiger partial charge in [0.15, 0.2) is 11.5 Å². The van der Waals surface area contributed by atoms with Gasteiger partial charge in [-0.05, 0) is 66.9 Å². The molecule has 0 bridgehead atoms. The molecule has 0 aliphatic rings. The van der Waals surface area contributed by atoms with E-state index >= 15 is 0 Å². The van der Waals surface area contributed by atoms with E-state index in [-0.39, 0.29) is 28.8 Å². The number of ether oxygens (including phenoxy) is 1. The monoisotopic (exact) mass is 538 g/mol. The van der Waals surface area contributed by atoms with Crippen LogP contribution in [0.2, 0.25) is 0 Å². The maximum atomic E-state index is 13.4. The highest BCUT2D eigenvalue weighted by molar-refractivity contribution is 7.89. The zero-order valence-electron chi connectivity index (χ0n) is 21.1. The molecule has 3 aromatic carbocycles. The zero-order chi connectivity index (χ0) is 27.5. The van der Waals surface area contributed by atoms with E-state index in [1.165, 1.54) is 43.5 Å². The fourth-order valence-electron chi connectivity index (χ4n) is 3.50. The van der Waals surface area contributed by atoms with Gasteiger partial charge in [0.05, 0.1) is 24.3 Å². The summed E-state index contributed by atoms with van der Waals surface area (Å²) >= 11 is 0. The summed E-state index contributed by atoms with van der Waals surface area (Å²) in [6.45, 7) is 3.12. The summed E-state index contributed by atoms with van der Waals surface area (Å²) in [5, 5.41) is 16.3. The Morgan fingerprint density at radius 3 is 2.42 bits per heavy atom. The topological polar surface area (TPSA) is 137 Å². The second kappa shape index (κ2) is 13.4. The zero-order valence-corrected chi connectivity index (χ0v) is 21.9. The van der Waals surface area contributed by atoms with E-state index in [4.69, 9.17) is 4.74 Å². The minimum absolute atomic E-state index is 0.0106. The molecule has 0 unspecified atom stereocenters. The number of rotatable bonds is 12. The van der Waals surface area contributed by atoms with E-state index in [1.54, 1.807) is 19.1 Å². The Labute approximate surface area is 222 Å². The molecule has 11 heteroatoms. The maximum Gasteiger partial charge on any atom is 0.255 e. The number of phenolic OH excluding ortho intramolecular Hbond substituents is 1. The number of hydrazone groups is 1. The number of hydrogen-bond donors (Lipinski definition) is 3. The summed E-state index contributed by atoms with van der Waals surface area (Å²) in [4.78, 5) is 23.9. The van der Waals surface area contributed by atoms with Gasteiger partial charge in [-0.25, -0.2) is 13.8 Å². The first-order valence-electron chi connectivity index (χ1n) is 11.9. The van der Waals surface area contributed by atoms with Crippen molar-refractivity contribution in [2.24, 2.45) is 5.10 Å². The third-order valence-electron chi connectivity index (χ3n) is 5.31. The standard InChI is InChI=1S/C27H30N4O6S/c1-3-37-26-17-22(9-14-25(26)33)18-28-30-27(34)19-31(16-15-21-7-5-4-6-8-21)38(35,36)24-12-10-23(11-13-24)29-20(2)32/h4-14,17-18,33H,3,15-16,19H2,1-2H3,(H,29,32)(H,30,34)/b28-18-. The van der Waals surface area contributed by atoms with Crippen LogP contribution in [0.4, 0.5) is 5.69 Å². The van der Waals surface area contributed by atoms with Crippen LogP contribution < -0.4 is 15.5 Å². The minimum Gasteiger partial charge on any atom is -0.504 e. The molecule has 0 saturated heterocycles. The van der Waals surface area contributed by atoms with Gasteiger partial charge in [-0.3, -0.25) is 9.59 Å². The number of carbonyl (C=O) groups is 2. The van der Waals surface area contributed by atoms with Crippen molar-refractivity contribution in [1.29, 1.82) is 0 Å². The first kappa shape index (κ1) is 28.4. The van der Waals surface area contributed by atoms with Crippen LogP contribution in [0.1, 0.15) is 25.0 Å². The molecule has 0 radical (unpaired) electrons. The molecule has 38 heavy (non-hydrogen) atoms. The summed E-state index contributed by atoms with van der Waals surface area (Å²) in [6, 6.07) is 19.7. The Kier molecular flexibility index (Phi) is 9.97. The molecule has 10 nitrogen and oxygen atoms in total. The van der Waals surface area contributed by atoms with Crippen LogP contribution in [-0.2, 0) is 26.0 Å². The van der Waals surface area contributed by atoms with Gasteiger partial charge in [-0.1, -0.05) is 30.3 Å². The summed E-state index contributed by atoms with van der Waals surface area (Å²) < 4.78 is 33.3. The first-order chi connectivity index (χ1) is 18.2. The number of aromatic hydroxyl groups is 1. The van der Waals surface area contributed by atoms with Crippen LogP contribution in [-0.4, -0.2) is 55.6 Å². The fourth-order valence-corrected chi connectivity index (χ4v) is 4.90. The van der Waals surface area contributed by atoms with Crippen LogP contribution in [0, 0.1) is 0 Å². The van der Waals surface area contributed by atoms with Gasteiger partial charge in [0.25, 0.3) is 5.91 Å². The Morgan fingerprint density at radius 2 is 1.76 bits per heavy atom. The second-order valence-electron chi connectivity index (χ2n) is 8.23. The van der Waals surface area contributed by atoms with Crippen molar-refractivity contribution in [1.82, 2.24) is 9.73 Å². The predicted octanol–water partition coefficient (Wildman–Crippen LogP) is 3.13. The van der Waals surface area contributed by atoms with Gasteiger partial charge in [-0.15, -0.1) is 0 Å². The molecule has 0 atom stereocenters. The molecular formula is C27H30N4O6S. The second-order valence-corrected chi connectivity index (χ2v) is 10.2. The van der Waals surface area contributed by atoms with Crippen LogP contribution >= 0.6 is 0 Å². The molecule has 3 rings (SSSR count). The van der Waals surface area contributed by atoms with Gasteiger partial charge in [-0.2, -0.15) is 9.41 Å². The summed E-state index contributed by atoms with van der Waals surface area (Å²) in [5.74, 6) is -0.636. The molecule has 200 valence electrons. The van der Waals surface area contributed by atoms with Crippen molar-refractivity contribution in [2.45, 2.75) is 25.2 Å². The Bertz CT molecular complexity index is 1380. The smallest absolute Gasteiger partial charge is 0.255 e. The summed E-state index contributed by atoms with van der Waals surface area (Å²) in [5.41, 5.74) is 4.30. The first-order valence-corrected chi connectivity index (χ1v) is 13.3. The van der Waals surface area contributed by atoms with Crippen molar-refractivity contribution >= 4 is 33.7 Å². The molecular weight excluding hydrogens is 508 g/mol. The third kappa shape index (κ3) is 8.15. The highest BCUT2D eigenvalue weighted by Crippen LogP contribution is 2.26. The van der Waals surface area contributed by atoms with Crippen LogP contribution in [0.5, 0.6) is 11.5 Å². The van der Waals surface area contributed by atoms with Crippen LogP contribution in [0.3, 0.4) is 0 Å². The number of nitrogens with one attached hydrogen (secondary N) is 2. The third-order valence-corrected chi connectivity index (χ3v) is 7.17. The molecule has 0 aliphatic carbocycles. The fraction of sp³-hybridized carbons (Fsp3) is 0.222. The molecule has 2 amide bonds. The number of sulfonamides is 1. The number of amides is 2. The van der Waals surface area contributed by atoms with Gasteiger partial charge in [0, 0.05) is 19.2 Å². The van der Waals surface area contributed by atoms with Crippen LogP contribution in [0.15, 0.2) is 82.8 Å². The lowest BCUT2D eigenvalue weighted by molar-refractivity contribution is -0.121. The highest BCUT2D eigenvalue weighted by atomic mass is 32.2. The average Bonchev–Trinajstić information content (AvgIpc) is 2.89. The average molecular weight is 539 g/mol. The number of hydrogen-bond acceptors (Lipinski definition) is 7. The Balaban J connectivity index is 1.74. The van der Waals surface area contributed by atoms with Crippen molar-refractivity contribution in [3.05, 3.63) is 83.9 Å². The highest BCUT2D eigenvalue weighted by Gasteiger charge is 2.26. The molecule has 3 N–H and O–H groups in total. The number of anilines is 1. The van der Waals surface area contributed by atoms with E-state index in [0.717, 1.165) is 9.87 Å². The number of benzene rings is 3. The molecule has 0 heterocycles. The maximum absolute atomic E-state index is 13.4. The Hall–Kier alpha value is -4.22.